The number of phenolic OH excluding ortho intramolecular Hbond substituents is 1. The lowest BCUT2D eigenvalue weighted by molar-refractivity contribution is -0.135. The second kappa shape index (κ2) is 40.5. The molecule has 24 nitrogen and oxygen atoms in total. The number of ether oxygens (including phenoxy) is 11. The van der Waals surface area contributed by atoms with Crippen LogP contribution in [-0.2, 0) is 76.9 Å². The number of phenols is 2. The quantitative estimate of drug-likeness (QED) is 0.0109. The Kier molecular flexibility index (Phi) is 32.2. The first-order valence-corrected chi connectivity index (χ1v) is 28.2. The van der Waals surface area contributed by atoms with Crippen LogP contribution in [0.3, 0.4) is 0 Å². The number of hydrogen-bond acceptors (Lipinski definition) is 22. The zero-order valence-electron chi connectivity index (χ0n) is 49.6. The van der Waals surface area contributed by atoms with Crippen molar-refractivity contribution in [2.75, 3.05) is 107 Å². The third kappa shape index (κ3) is 27.7. The Labute approximate surface area is 510 Å². The van der Waals surface area contributed by atoms with E-state index in [-0.39, 0.29) is 92.4 Å². The summed E-state index contributed by atoms with van der Waals surface area (Å²) >= 11 is 0. The van der Waals surface area contributed by atoms with Gasteiger partial charge in [0.15, 0.2) is 57.6 Å². The molecule has 5 aromatic rings. The molecule has 5 rings (SSSR count). The third-order valence-corrected chi connectivity index (χ3v) is 12.3. The number of aliphatic hydroxyl groups is 1. The third-order valence-electron chi connectivity index (χ3n) is 12.3. The van der Waals surface area contributed by atoms with Gasteiger partial charge in [-0.3, -0.25) is 28.8 Å². The average Bonchev–Trinajstić information content (AvgIpc) is 4.00. The van der Waals surface area contributed by atoms with Gasteiger partial charge in [-0.15, -0.1) is 5.10 Å². The van der Waals surface area contributed by atoms with Crippen molar-refractivity contribution in [1.82, 2.24) is 20.3 Å². The Morgan fingerprint density at radius 2 is 0.955 bits per heavy atom. The summed E-state index contributed by atoms with van der Waals surface area (Å²) in [6.07, 6.45) is 12.7. The van der Waals surface area contributed by atoms with Crippen molar-refractivity contribution in [3.8, 4) is 40.2 Å². The van der Waals surface area contributed by atoms with Gasteiger partial charge < -0.3 is 72.7 Å². The SMILES string of the molecule is COc1cc(C=CC(=O)CC(=O)C=Cc2ccc(OC(=O)CCCC(=O)NCCOCCOCCOCCOCCOCCOCCn3cc(COc4ccc(C=CC(=O)CC(=O)C=Cc5ccc(O)c(CO)c5)cc4OC)nn3)c(OC)c2)ccc1O. The number of benzene rings is 4. The highest BCUT2D eigenvalue weighted by atomic mass is 16.6. The second-order valence-electron chi connectivity index (χ2n) is 19.0. The molecule has 1 amide bonds. The van der Waals surface area contributed by atoms with Gasteiger partial charge in [0.1, 0.15) is 18.1 Å². The molecule has 0 saturated heterocycles. The molecule has 0 aliphatic carbocycles. The maximum atomic E-state index is 12.5. The number of nitrogens with zero attached hydrogens (tertiary/aromatic N) is 3. The minimum absolute atomic E-state index is 0.00712. The normalized spacial score (nSPS) is 11.5. The van der Waals surface area contributed by atoms with Crippen LogP contribution < -0.4 is 29.0 Å². The number of aromatic hydroxyl groups is 2. The van der Waals surface area contributed by atoms with Gasteiger partial charge >= 0.3 is 5.97 Å². The topological polar surface area (TPSA) is 307 Å². The number of nitrogens with one attached hydrogen (secondary N) is 1. The van der Waals surface area contributed by atoms with Gasteiger partial charge in [-0.25, -0.2) is 4.68 Å². The molecule has 0 aliphatic heterocycles. The average molecular weight is 1220 g/mol. The largest absolute Gasteiger partial charge is 0.508 e. The molecule has 472 valence electrons. The number of amides is 1. The van der Waals surface area contributed by atoms with E-state index < -0.39 is 23.3 Å². The molecule has 1 heterocycles. The van der Waals surface area contributed by atoms with E-state index in [1.165, 1.54) is 82.1 Å². The first kappa shape index (κ1) is 69.9. The van der Waals surface area contributed by atoms with Crippen LogP contribution in [0.25, 0.3) is 24.3 Å². The minimum Gasteiger partial charge on any atom is -0.508 e. The molecule has 0 aliphatic rings. The number of methoxy groups -OCH3 is 3. The van der Waals surface area contributed by atoms with Crippen LogP contribution in [0.15, 0.2) is 103 Å². The Morgan fingerprint density at radius 1 is 0.511 bits per heavy atom. The van der Waals surface area contributed by atoms with Gasteiger partial charge in [0, 0.05) is 24.9 Å². The Morgan fingerprint density at radius 3 is 1.47 bits per heavy atom. The Hall–Kier alpha value is -8.88. The van der Waals surface area contributed by atoms with E-state index in [2.05, 4.69) is 15.6 Å². The molecule has 88 heavy (non-hydrogen) atoms. The Bertz CT molecular complexity index is 3150. The maximum Gasteiger partial charge on any atom is 0.311 e. The molecule has 24 heteroatoms. The molecule has 0 spiro atoms. The zero-order valence-corrected chi connectivity index (χ0v) is 49.6. The number of carbonyl (C=O) groups is 6. The molecule has 0 fully saturated rings. The summed E-state index contributed by atoms with van der Waals surface area (Å²) in [5.74, 6) is -0.868. The van der Waals surface area contributed by atoms with E-state index in [4.69, 9.17) is 52.1 Å². The van der Waals surface area contributed by atoms with Crippen molar-refractivity contribution in [3.63, 3.8) is 0 Å². The molecule has 0 saturated carbocycles. The number of aromatic nitrogens is 3. The van der Waals surface area contributed by atoms with Crippen molar-refractivity contribution in [3.05, 3.63) is 137 Å². The number of ketones is 4. The summed E-state index contributed by atoms with van der Waals surface area (Å²) in [6, 6.07) is 19.1. The van der Waals surface area contributed by atoms with Crippen LogP contribution in [-0.4, -0.2) is 172 Å². The van der Waals surface area contributed by atoms with Gasteiger partial charge in [-0.1, -0.05) is 53.8 Å². The molecule has 4 aromatic carbocycles. The van der Waals surface area contributed by atoms with Gasteiger partial charge in [0.25, 0.3) is 0 Å². The van der Waals surface area contributed by atoms with Crippen LogP contribution in [0, 0.1) is 0 Å². The van der Waals surface area contributed by atoms with E-state index in [1.54, 1.807) is 71.6 Å². The van der Waals surface area contributed by atoms with E-state index in [0.717, 1.165) is 0 Å². The first-order chi connectivity index (χ1) is 42.7. The predicted octanol–water partition coefficient (Wildman–Crippen LogP) is 6.29. The summed E-state index contributed by atoms with van der Waals surface area (Å²) in [4.78, 5) is 74.4. The number of aliphatic hydroxyl groups excluding tert-OH is 1. The van der Waals surface area contributed by atoms with Crippen molar-refractivity contribution in [1.29, 1.82) is 0 Å². The number of allylic oxidation sites excluding steroid dienone is 4. The lowest BCUT2D eigenvalue weighted by atomic mass is 10.1. The highest BCUT2D eigenvalue weighted by Crippen LogP contribution is 2.31. The fraction of sp³-hybridized carbons (Fsp3) is 0.375. The van der Waals surface area contributed by atoms with Crippen LogP contribution in [0.2, 0.25) is 0 Å². The summed E-state index contributed by atoms with van der Waals surface area (Å²) in [6.45, 7) is 5.11. The summed E-state index contributed by atoms with van der Waals surface area (Å²) in [5.41, 5.74) is 3.39. The molecule has 1 aromatic heterocycles. The number of esters is 1. The van der Waals surface area contributed by atoms with Crippen LogP contribution >= 0.6 is 0 Å². The zero-order chi connectivity index (χ0) is 63.1. The van der Waals surface area contributed by atoms with E-state index in [0.29, 0.717) is 131 Å². The van der Waals surface area contributed by atoms with Crippen LogP contribution in [0.1, 0.15) is 65.6 Å². The van der Waals surface area contributed by atoms with Crippen molar-refractivity contribution in [2.45, 2.75) is 51.9 Å². The Balaban J connectivity index is 0.779. The molecule has 4 N–H and O–H groups in total. The standard InChI is InChI=1S/C64H76N4O20/c1-78-60-38-47(12-20-57(60)75)8-16-53(71)42-55(73)18-10-49-14-22-59(62(40-49)80-3)88-64(77)6-4-5-63(76)65-23-25-81-27-29-83-31-33-85-35-36-86-34-32-84-30-28-82-26-24-68-43-51(66-67-68)45-87-58-21-13-48(39-61(58)79-2)9-17-54(72)41-52(70)15-7-46-11-19-56(74)50(37-46)44-69/h7-22,37-40,43,69,74-75H,4-6,23-36,41-42,44-45H2,1-3H3,(H,65,76). The minimum atomic E-state index is -0.549. The van der Waals surface area contributed by atoms with Crippen molar-refractivity contribution >= 4 is 59.3 Å². The van der Waals surface area contributed by atoms with Crippen molar-refractivity contribution in [2.24, 2.45) is 0 Å². The van der Waals surface area contributed by atoms with Gasteiger partial charge in [-0.2, -0.15) is 0 Å². The summed E-state index contributed by atoms with van der Waals surface area (Å²) < 4.78 is 62.3. The lowest BCUT2D eigenvalue weighted by Gasteiger charge is -2.10. The lowest BCUT2D eigenvalue weighted by Crippen LogP contribution is -2.27. The highest BCUT2D eigenvalue weighted by molar-refractivity contribution is 6.11. The molecular weight excluding hydrogens is 1140 g/mol. The molecule has 0 radical (unpaired) electrons. The number of hydrogen-bond donors (Lipinski definition) is 4. The first-order valence-electron chi connectivity index (χ1n) is 28.2. The highest BCUT2D eigenvalue weighted by Gasteiger charge is 2.14. The van der Waals surface area contributed by atoms with Crippen molar-refractivity contribution < 1.29 is 96.2 Å². The molecular formula is C64H76N4O20. The van der Waals surface area contributed by atoms with Crippen LogP contribution in [0.5, 0.6) is 40.2 Å². The van der Waals surface area contributed by atoms with E-state index in [9.17, 15) is 44.1 Å². The molecule has 0 unspecified atom stereocenters. The van der Waals surface area contributed by atoms with Crippen LogP contribution in [0.4, 0.5) is 0 Å². The number of rotatable bonds is 45. The fourth-order valence-corrected chi connectivity index (χ4v) is 7.69. The molecule has 0 bridgehead atoms. The number of carbonyl (C=O) groups excluding carboxylic acids is 6. The summed E-state index contributed by atoms with van der Waals surface area (Å²) in [5, 5.41) is 39.8. The fourth-order valence-electron chi connectivity index (χ4n) is 7.69. The van der Waals surface area contributed by atoms with Gasteiger partial charge in [-0.05, 0) is 102 Å². The smallest absolute Gasteiger partial charge is 0.311 e. The van der Waals surface area contributed by atoms with E-state index >= 15 is 0 Å². The van der Waals surface area contributed by atoms with E-state index in [1.807, 2.05) is 0 Å². The van der Waals surface area contributed by atoms with Gasteiger partial charge in [0.05, 0.1) is 133 Å². The predicted molar refractivity (Wildman–Crippen MR) is 322 cm³/mol. The molecule has 0 atom stereocenters. The monoisotopic (exact) mass is 1220 g/mol. The maximum absolute atomic E-state index is 12.5. The van der Waals surface area contributed by atoms with Gasteiger partial charge in [0.2, 0.25) is 5.91 Å². The second-order valence-corrected chi connectivity index (χ2v) is 19.0. The summed E-state index contributed by atoms with van der Waals surface area (Å²) in [7, 11) is 4.33.